The molecule has 0 amide bonds. The van der Waals surface area contributed by atoms with Gasteiger partial charge in [0, 0.05) is 0 Å². The molecule has 5 heteroatoms. The summed E-state index contributed by atoms with van der Waals surface area (Å²) in [5, 5.41) is 0. The molecular formula is H2Cl2CrO2. The average Bonchev–Trinajstić information content (AvgIpc) is 0.918. The fraction of sp³-hybridized carbons (Fsp3) is 0. The standard InChI is InChI=1S/2ClH.Cr.2O/h2*1H;;;. The predicted octanol–water partition coefficient (Wildman–Crippen LogP) is 0.603. The Morgan fingerprint density at radius 2 is 1.00 bits per heavy atom. The van der Waals surface area contributed by atoms with E-state index in [0.717, 1.165) is 0 Å². The molecule has 0 spiro atoms. The number of halogens is 2. The Kier molecular flexibility index (Phi) is 76.4. The van der Waals surface area contributed by atoms with Crippen LogP contribution in [0.25, 0.3) is 0 Å². The van der Waals surface area contributed by atoms with Crippen LogP contribution in [0, 0.1) is 0 Å². The van der Waals surface area contributed by atoms with Gasteiger partial charge >= 0.3 is 22.7 Å². The van der Waals surface area contributed by atoms with Gasteiger partial charge in [-0.15, -0.1) is 24.8 Å². The first kappa shape index (κ1) is 17.2. The molecule has 0 N–H and O–H groups in total. The molecule has 0 fully saturated rings. The first-order valence-corrected chi connectivity index (χ1v) is 1.37. The molecule has 0 saturated heterocycles. The molecule has 0 bridgehead atoms. The van der Waals surface area contributed by atoms with E-state index in [1.165, 1.54) is 0 Å². The molecule has 0 heterocycles. The predicted molar refractivity (Wildman–Crippen MR) is 15.9 cm³/mol. The van der Waals surface area contributed by atoms with Gasteiger partial charge in [-0.1, -0.05) is 0 Å². The Bertz CT molecular complexity index is 28.6. The molecule has 0 unspecified atom stereocenters. The number of hydrogen-bond donors (Lipinski definition) is 0. The van der Waals surface area contributed by atoms with Crippen LogP contribution in [0.2, 0.25) is 0 Å². The first-order valence-electron chi connectivity index (χ1n) is 0.333. The Morgan fingerprint density at radius 3 is 1.00 bits per heavy atom. The third-order valence-corrected chi connectivity index (χ3v) is 0. The van der Waals surface area contributed by atoms with E-state index >= 15 is 0 Å². The monoisotopic (exact) mass is 156 g/mol. The van der Waals surface area contributed by atoms with E-state index in [0.29, 0.717) is 0 Å². The van der Waals surface area contributed by atoms with Gasteiger partial charge in [-0.2, -0.15) is 0 Å². The SMILES string of the molecule is Cl.Cl.[O]=[Cr]=[O]. The molecule has 0 radical (unpaired) electrons. The summed E-state index contributed by atoms with van der Waals surface area (Å²) in [5.41, 5.74) is 0. The van der Waals surface area contributed by atoms with Gasteiger partial charge in [0.2, 0.25) is 0 Å². The van der Waals surface area contributed by atoms with Crippen molar-refractivity contribution in [1.29, 1.82) is 0 Å². The van der Waals surface area contributed by atoms with Crippen molar-refractivity contribution in [2.45, 2.75) is 0 Å². The average molecular weight is 157 g/mol. The van der Waals surface area contributed by atoms with E-state index in [-0.39, 0.29) is 24.8 Å². The molecule has 0 saturated carbocycles. The van der Waals surface area contributed by atoms with Crippen molar-refractivity contribution >= 4 is 24.8 Å². The summed E-state index contributed by atoms with van der Waals surface area (Å²) >= 11 is -1.62. The second kappa shape index (κ2) is 22.1. The third-order valence-electron chi connectivity index (χ3n) is 0. The molecule has 0 aliphatic rings. The maximum absolute atomic E-state index is 8.44. The quantitative estimate of drug-likeness (QED) is 0.515. The van der Waals surface area contributed by atoms with Gasteiger partial charge in [-0.05, 0) is 0 Å². The summed E-state index contributed by atoms with van der Waals surface area (Å²) in [4.78, 5) is 0. The second-order valence-electron chi connectivity index (χ2n) is 0.0680. The van der Waals surface area contributed by atoms with Gasteiger partial charge in [0.15, 0.2) is 0 Å². The molecule has 0 aliphatic carbocycles. The molecule has 0 atom stereocenters. The van der Waals surface area contributed by atoms with E-state index in [2.05, 4.69) is 0 Å². The van der Waals surface area contributed by atoms with E-state index in [4.69, 9.17) is 7.61 Å². The van der Waals surface area contributed by atoms with Crippen LogP contribution >= 0.6 is 24.8 Å². The van der Waals surface area contributed by atoms with Crippen molar-refractivity contribution in [1.82, 2.24) is 0 Å². The summed E-state index contributed by atoms with van der Waals surface area (Å²) in [5.74, 6) is 0. The summed E-state index contributed by atoms with van der Waals surface area (Å²) in [6, 6.07) is 0. The maximum atomic E-state index is 8.44. The van der Waals surface area contributed by atoms with Gasteiger partial charge in [-0.3, -0.25) is 0 Å². The van der Waals surface area contributed by atoms with Crippen LogP contribution in [0.3, 0.4) is 0 Å². The van der Waals surface area contributed by atoms with Gasteiger partial charge in [0.05, 0.1) is 0 Å². The fourth-order valence-electron chi connectivity index (χ4n) is 0. The molecule has 5 heavy (non-hydrogen) atoms. The number of rotatable bonds is 0. The van der Waals surface area contributed by atoms with Crippen LogP contribution in [-0.4, -0.2) is 0 Å². The Hall–Kier alpha value is 0.712. The van der Waals surface area contributed by atoms with Crippen LogP contribution < -0.4 is 0 Å². The molecule has 0 aliphatic heterocycles. The van der Waals surface area contributed by atoms with Gasteiger partial charge in [0.25, 0.3) is 0 Å². The van der Waals surface area contributed by atoms with Crippen molar-refractivity contribution in [3.8, 4) is 0 Å². The van der Waals surface area contributed by atoms with Crippen molar-refractivity contribution in [3.63, 3.8) is 0 Å². The summed E-state index contributed by atoms with van der Waals surface area (Å²) in [6.07, 6.45) is 0. The minimum absolute atomic E-state index is 0. The Balaban J connectivity index is -0.0000000200. The van der Waals surface area contributed by atoms with Crippen LogP contribution in [0.15, 0.2) is 0 Å². The first-order chi connectivity index (χ1) is 1.41. The zero-order valence-electron chi connectivity index (χ0n) is 2.04. The van der Waals surface area contributed by atoms with Crippen LogP contribution in [0.4, 0.5) is 0 Å². The van der Waals surface area contributed by atoms with Crippen LogP contribution in [0.5, 0.6) is 0 Å². The van der Waals surface area contributed by atoms with Crippen molar-refractivity contribution < 1.29 is 22.7 Å². The second-order valence-corrected chi connectivity index (χ2v) is 0.281. The normalized spacial score (nSPS) is 2.40. The van der Waals surface area contributed by atoms with Crippen molar-refractivity contribution in [3.05, 3.63) is 0 Å². The summed E-state index contributed by atoms with van der Waals surface area (Å²) in [7, 11) is 0. The van der Waals surface area contributed by atoms with E-state index in [1.54, 1.807) is 0 Å². The van der Waals surface area contributed by atoms with Gasteiger partial charge in [-0.25, -0.2) is 0 Å². The minimum atomic E-state index is -1.62. The fourth-order valence-corrected chi connectivity index (χ4v) is 0. The Labute approximate surface area is 47.9 Å². The van der Waals surface area contributed by atoms with E-state index in [1.807, 2.05) is 0 Å². The molecular weight excluding hydrogens is 155 g/mol. The zero-order chi connectivity index (χ0) is 2.71. The molecule has 2 nitrogen and oxygen atoms in total. The van der Waals surface area contributed by atoms with E-state index in [9.17, 15) is 0 Å². The van der Waals surface area contributed by atoms with E-state index < -0.39 is 15.1 Å². The Morgan fingerprint density at radius 1 is 1.00 bits per heavy atom. The zero-order valence-corrected chi connectivity index (χ0v) is 4.95. The van der Waals surface area contributed by atoms with Gasteiger partial charge < -0.3 is 0 Å². The van der Waals surface area contributed by atoms with Crippen LogP contribution in [0.1, 0.15) is 0 Å². The summed E-state index contributed by atoms with van der Waals surface area (Å²) < 4.78 is 16.9. The molecule has 0 aromatic rings. The molecule has 0 rings (SSSR count). The summed E-state index contributed by atoms with van der Waals surface area (Å²) in [6.45, 7) is 0. The topological polar surface area (TPSA) is 34.1 Å². The van der Waals surface area contributed by atoms with Crippen molar-refractivity contribution in [2.24, 2.45) is 0 Å². The molecule has 34 valence electrons. The molecule has 0 aromatic carbocycles. The van der Waals surface area contributed by atoms with Crippen molar-refractivity contribution in [2.75, 3.05) is 0 Å². The molecule has 0 aromatic heterocycles. The van der Waals surface area contributed by atoms with Gasteiger partial charge in [0.1, 0.15) is 0 Å². The van der Waals surface area contributed by atoms with Crippen LogP contribution in [-0.2, 0) is 22.7 Å². The third kappa shape index (κ3) is 68.3. The number of hydrogen-bond acceptors (Lipinski definition) is 2.